The van der Waals surface area contributed by atoms with Gasteiger partial charge in [-0.05, 0) is 26.0 Å². The molecule has 1 heterocycles. The highest BCUT2D eigenvalue weighted by Gasteiger charge is 2.08. The number of aromatic carboxylic acids is 1. The number of aryl methyl sites for hydroxylation is 2. The van der Waals surface area contributed by atoms with Crippen molar-refractivity contribution in [3.05, 3.63) is 52.8 Å². The molecule has 0 atom stereocenters. The number of hydrogen-bond acceptors (Lipinski definition) is 4. The molecule has 0 aliphatic carbocycles. The molecule has 2 N–H and O–H groups in total. The van der Waals surface area contributed by atoms with E-state index < -0.39 is 5.97 Å². The molecular weight excluding hydrogens is 284 g/mol. The van der Waals surface area contributed by atoms with E-state index in [2.05, 4.69) is 15.6 Å². The van der Waals surface area contributed by atoms with E-state index in [1.807, 2.05) is 19.9 Å². The number of nitrogens with one attached hydrogen (secondary N) is 1. The van der Waals surface area contributed by atoms with Crippen molar-refractivity contribution in [3.8, 4) is 0 Å². The highest BCUT2D eigenvalue weighted by molar-refractivity contribution is 5.98. The Morgan fingerprint density at radius 1 is 1.36 bits per heavy atom. The number of rotatable bonds is 5. The molecule has 2 aromatic rings. The Kier molecular flexibility index (Phi) is 4.67. The van der Waals surface area contributed by atoms with E-state index in [1.54, 1.807) is 22.9 Å². The molecule has 1 aromatic heterocycles. The smallest absolute Gasteiger partial charge is 0.336 e. The van der Waals surface area contributed by atoms with E-state index in [-0.39, 0.29) is 18.0 Å². The molecule has 0 fully saturated rings. The van der Waals surface area contributed by atoms with Gasteiger partial charge in [0.05, 0.1) is 17.5 Å². The summed E-state index contributed by atoms with van der Waals surface area (Å²) in [6, 6.07) is 8.29. The van der Waals surface area contributed by atoms with Gasteiger partial charge in [0.1, 0.15) is 6.54 Å². The summed E-state index contributed by atoms with van der Waals surface area (Å²) in [5, 5.41) is 17.0. The van der Waals surface area contributed by atoms with Gasteiger partial charge in [0.2, 0.25) is 0 Å². The van der Waals surface area contributed by atoms with Gasteiger partial charge in [-0.2, -0.15) is 10.2 Å². The molecule has 0 bridgehead atoms. The number of hydrazone groups is 1. The first kappa shape index (κ1) is 15.4. The molecule has 0 aliphatic rings. The lowest BCUT2D eigenvalue weighted by Gasteiger charge is -2.03. The normalized spacial score (nSPS) is 10.8. The van der Waals surface area contributed by atoms with Gasteiger partial charge in [0.15, 0.2) is 0 Å². The summed E-state index contributed by atoms with van der Waals surface area (Å²) < 4.78 is 1.57. The minimum absolute atomic E-state index is 0.0532. The molecule has 0 saturated carbocycles. The van der Waals surface area contributed by atoms with E-state index in [0.717, 1.165) is 11.4 Å². The summed E-state index contributed by atoms with van der Waals surface area (Å²) in [6.07, 6.45) is 1.31. The van der Waals surface area contributed by atoms with Crippen molar-refractivity contribution < 1.29 is 14.7 Å². The molecule has 22 heavy (non-hydrogen) atoms. The van der Waals surface area contributed by atoms with Crippen molar-refractivity contribution in [2.45, 2.75) is 20.4 Å². The van der Waals surface area contributed by atoms with Crippen molar-refractivity contribution >= 4 is 18.1 Å². The number of carbonyl (C=O) groups excluding carboxylic acids is 1. The fourth-order valence-electron chi connectivity index (χ4n) is 1.98. The Morgan fingerprint density at radius 2 is 2.09 bits per heavy atom. The predicted molar refractivity (Wildman–Crippen MR) is 80.8 cm³/mol. The molecule has 114 valence electrons. The van der Waals surface area contributed by atoms with Gasteiger partial charge in [-0.3, -0.25) is 9.48 Å². The number of amides is 1. The zero-order valence-electron chi connectivity index (χ0n) is 12.3. The van der Waals surface area contributed by atoms with Crippen LogP contribution in [0, 0.1) is 13.8 Å². The first-order valence-electron chi connectivity index (χ1n) is 6.62. The van der Waals surface area contributed by atoms with Crippen LogP contribution in [0.4, 0.5) is 0 Å². The standard InChI is InChI=1S/C15H16N4O3/c1-10-7-11(2)19(18-10)9-14(20)17-16-8-12-5-3-4-6-13(12)15(21)22/h3-8H,9H2,1-2H3,(H,17,20)(H,21,22)/b16-8-. The summed E-state index contributed by atoms with van der Waals surface area (Å²) in [6.45, 7) is 3.76. The Hall–Kier alpha value is -2.96. The maximum atomic E-state index is 11.8. The molecule has 2 rings (SSSR count). The third-order valence-electron chi connectivity index (χ3n) is 2.98. The highest BCUT2D eigenvalue weighted by atomic mass is 16.4. The molecular formula is C15H16N4O3. The molecule has 7 heteroatoms. The second-order valence-electron chi connectivity index (χ2n) is 4.77. The minimum atomic E-state index is -1.05. The maximum Gasteiger partial charge on any atom is 0.336 e. The lowest BCUT2D eigenvalue weighted by Crippen LogP contribution is -2.24. The first-order chi connectivity index (χ1) is 10.5. The van der Waals surface area contributed by atoms with Gasteiger partial charge in [-0.1, -0.05) is 18.2 Å². The van der Waals surface area contributed by atoms with E-state index in [9.17, 15) is 9.59 Å². The number of carboxylic acids is 1. The van der Waals surface area contributed by atoms with Crippen molar-refractivity contribution in [1.82, 2.24) is 15.2 Å². The largest absolute Gasteiger partial charge is 0.478 e. The second-order valence-corrected chi connectivity index (χ2v) is 4.77. The van der Waals surface area contributed by atoms with Crippen molar-refractivity contribution in [1.29, 1.82) is 0 Å². The van der Waals surface area contributed by atoms with E-state index in [4.69, 9.17) is 5.11 Å². The fourth-order valence-corrected chi connectivity index (χ4v) is 1.98. The van der Waals surface area contributed by atoms with Crippen LogP contribution < -0.4 is 5.43 Å². The van der Waals surface area contributed by atoms with E-state index in [0.29, 0.717) is 5.56 Å². The molecule has 1 aromatic carbocycles. The number of hydrogen-bond donors (Lipinski definition) is 2. The first-order valence-corrected chi connectivity index (χ1v) is 6.62. The molecule has 7 nitrogen and oxygen atoms in total. The van der Waals surface area contributed by atoms with Gasteiger partial charge >= 0.3 is 5.97 Å². The zero-order valence-corrected chi connectivity index (χ0v) is 12.3. The van der Waals surface area contributed by atoms with Crippen LogP contribution in [0.25, 0.3) is 0 Å². The van der Waals surface area contributed by atoms with E-state index >= 15 is 0 Å². The molecule has 0 saturated heterocycles. The molecule has 0 radical (unpaired) electrons. The Balaban J connectivity index is 1.99. The average Bonchev–Trinajstić information content (AvgIpc) is 2.77. The van der Waals surface area contributed by atoms with Crippen molar-refractivity contribution in [2.75, 3.05) is 0 Å². The van der Waals surface area contributed by atoms with Gasteiger partial charge < -0.3 is 5.11 Å². The lowest BCUT2D eigenvalue weighted by molar-refractivity contribution is -0.121. The molecule has 0 aliphatic heterocycles. The number of carbonyl (C=O) groups is 2. The van der Waals surface area contributed by atoms with Crippen LogP contribution in [0.5, 0.6) is 0 Å². The lowest BCUT2D eigenvalue weighted by atomic mass is 10.1. The van der Waals surface area contributed by atoms with Crippen LogP contribution in [-0.4, -0.2) is 33.0 Å². The van der Waals surface area contributed by atoms with Gasteiger partial charge in [0.25, 0.3) is 5.91 Å². The maximum absolute atomic E-state index is 11.8. The van der Waals surface area contributed by atoms with Gasteiger partial charge in [-0.15, -0.1) is 0 Å². The monoisotopic (exact) mass is 300 g/mol. The quantitative estimate of drug-likeness (QED) is 0.643. The molecule has 0 spiro atoms. The molecule has 1 amide bonds. The van der Waals surface area contributed by atoms with Crippen LogP contribution in [0.1, 0.15) is 27.3 Å². The summed E-state index contributed by atoms with van der Waals surface area (Å²) in [5.41, 5.74) is 4.62. The SMILES string of the molecule is Cc1cc(C)n(CC(=O)N/N=C\c2ccccc2C(=O)O)n1. The van der Waals surface area contributed by atoms with Crippen molar-refractivity contribution in [2.24, 2.45) is 5.10 Å². The highest BCUT2D eigenvalue weighted by Crippen LogP contribution is 2.05. The Bertz CT molecular complexity index is 734. The van der Waals surface area contributed by atoms with Gasteiger partial charge in [-0.25, -0.2) is 10.2 Å². The number of benzene rings is 1. The summed E-state index contributed by atoms with van der Waals surface area (Å²) in [7, 11) is 0. The topological polar surface area (TPSA) is 96.6 Å². The van der Waals surface area contributed by atoms with E-state index in [1.165, 1.54) is 12.3 Å². The second kappa shape index (κ2) is 6.66. The Labute approximate surface area is 127 Å². The summed E-state index contributed by atoms with van der Waals surface area (Å²) in [5.74, 6) is -1.38. The summed E-state index contributed by atoms with van der Waals surface area (Å²) >= 11 is 0. The summed E-state index contributed by atoms with van der Waals surface area (Å²) in [4.78, 5) is 22.8. The fraction of sp³-hybridized carbons (Fsp3) is 0.200. The number of nitrogens with zero attached hydrogens (tertiary/aromatic N) is 3. The minimum Gasteiger partial charge on any atom is -0.478 e. The van der Waals surface area contributed by atoms with Crippen molar-refractivity contribution in [3.63, 3.8) is 0 Å². The third kappa shape index (κ3) is 3.78. The van der Waals surface area contributed by atoms with Crippen LogP contribution in [0.15, 0.2) is 35.4 Å². The van der Waals surface area contributed by atoms with Gasteiger partial charge in [0, 0.05) is 11.3 Å². The third-order valence-corrected chi connectivity index (χ3v) is 2.98. The van der Waals surface area contributed by atoms with Crippen LogP contribution >= 0.6 is 0 Å². The Morgan fingerprint density at radius 3 is 2.73 bits per heavy atom. The van der Waals surface area contributed by atoms with Crippen LogP contribution in [0.2, 0.25) is 0 Å². The van der Waals surface area contributed by atoms with Crippen LogP contribution in [0.3, 0.4) is 0 Å². The van der Waals surface area contributed by atoms with Crippen LogP contribution in [-0.2, 0) is 11.3 Å². The predicted octanol–water partition coefficient (Wildman–Crippen LogP) is 1.35. The molecule has 0 unspecified atom stereocenters. The average molecular weight is 300 g/mol. The number of carboxylic acid groups (broad SMARTS) is 1. The number of aromatic nitrogens is 2. The zero-order chi connectivity index (χ0) is 16.1.